The van der Waals surface area contributed by atoms with E-state index in [4.69, 9.17) is 19.4 Å². The van der Waals surface area contributed by atoms with Crippen LogP contribution < -0.4 is 25.0 Å². The number of rotatable bonds is 11. The first kappa shape index (κ1) is 29.9. The minimum Gasteiger partial charge on any atom is -0.489 e. The van der Waals surface area contributed by atoms with Gasteiger partial charge < -0.3 is 25.0 Å². The molecule has 0 spiro atoms. The monoisotopic (exact) mass is 601 g/mol. The van der Waals surface area contributed by atoms with Gasteiger partial charge in [0.05, 0.1) is 5.52 Å². The quantitative estimate of drug-likeness (QED) is 0.168. The number of nitrogens with one attached hydrogen (secondary N) is 2. The highest BCUT2D eigenvalue weighted by Gasteiger charge is 2.24. The number of aromatic nitrogens is 2. The number of benzene rings is 4. The van der Waals surface area contributed by atoms with Gasteiger partial charge in [0.2, 0.25) is 5.95 Å². The molecule has 0 atom stereocenters. The summed E-state index contributed by atoms with van der Waals surface area (Å²) in [6, 6.07) is 33.8. The fourth-order valence-electron chi connectivity index (χ4n) is 5.65. The van der Waals surface area contributed by atoms with Crippen LogP contribution in [-0.2, 0) is 13.2 Å². The van der Waals surface area contributed by atoms with E-state index in [9.17, 15) is 4.79 Å². The van der Waals surface area contributed by atoms with E-state index in [1.165, 1.54) is 0 Å². The maximum atomic E-state index is 13.5. The van der Waals surface area contributed by atoms with Crippen molar-refractivity contribution in [1.82, 2.24) is 15.3 Å². The fraction of sp³-hybridized carbons (Fsp3) is 0.270. The molecule has 8 nitrogen and oxygen atoms in total. The number of nitrogens with zero attached hydrogens (tertiary/aromatic N) is 3. The Bertz CT molecular complexity index is 1660. The predicted molar refractivity (Wildman–Crippen MR) is 179 cm³/mol. The molecule has 0 unspecified atom stereocenters. The molecule has 1 aromatic heterocycles. The number of carbonyl (C=O) groups is 1. The minimum atomic E-state index is -0.130. The number of amides is 1. The Labute approximate surface area is 264 Å². The van der Waals surface area contributed by atoms with Crippen molar-refractivity contribution in [3.05, 3.63) is 120 Å². The standard InChI is InChI=1S/C37H39N5O3/c1-42(2)35-33-15-9-10-16-34(33)40-37(41-35)39-30-19-17-29(18-20-30)38-36(43)28-21-31(44-24-26-11-5-3-6-12-26)23-32(22-28)45-25-27-13-7-4-8-14-27/h3-16,21-23,29-30H,17-20,24-25H2,1-2H3,(H,38,43)(H,39,40,41). The molecule has 1 amide bonds. The lowest BCUT2D eigenvalue weighted by molar-refractivity contribution is 0.0925. The first-order valence-corrected chi connectivity index (χ1v) is 15.5. The van der Waals surface area contributed by atoms with E-state index in [-0.39, 0.29) is 18.0 Å². The molecule has 1 aliphatic carbocycles. The first-order valence-electron chi connectivity index (χ1n) is 15.5. The Balaban J connectivity index is 1.09. The van der Waals surface area contributed by atoms with E-state index < -0.39 is 0 Å². The average Bonchev–Trinajstić information content (AvgIpc) is 3.07. The molecule has 8 heteroatoms. The Morgan fingerprint density at radius 3 is 1.89 bits per heavy atom. The van der Waals surface area contributed by atoms with Crippen LogP contribution in [0.1, 0.15) is 47.2 Å². The molecule has 0 saturated heterocycles. The highest BCUT2D eigenvalue weighted by Crippen LogP contribution is 2.28. The Morgan fingerprint density at radius 2 is 1.29 bits per heavy atom. The summed E-state index contributed by atoms with van der Waals surface area (Å²) in [7, 11) is 3.99. The van der Waals surface area contributed by atoms with Gasteiger partial charge in [-0.05, 0) is 61.1 Å². The molecule has 5 aromatic rings. The summed E-state index contributed by atoms with van der Waals surface area (Å²) in [4.78, 5) is 25.1. The number of ether oxygens (including phenoxy) is 2. The highest BCUT2D eigenvalue weighted by atomic mass is 16.5. The fourth-order valence-corrected chi connectivity index (χ4v) is 5.65. The van der Waals surface area contributed by atoms with Gasteiger partial charge in [0.25, 0.3) is 5.91 Å². The molecule has 1 aliphatic rings. The van der Waals surface area contributed by atoms with E-state index in [1.54, 1.807) is 12.1 Å². The van der Waals surface area contributed by atoms with Crippen LogP contribution in [0.5, 0.6) is 11.5 Å². The molecule has 1 fully saturated rings. The Hall–Kier alpha value is -5.11. The van der Waals surface area contributed by atoms with Crippen LogP contribution in [0.3, 0.4) is 0 Å². The second kappa shape index (κ2) is 14.1. The number of hydrogen-bond donors (Lipinski definition) is 2. The number of fused-ring (bicyclic) bond motifs is 1. The van der Waals surface area contributed by atoms with Gasteiger partial charge in [-0.2, -0.15) is 4.98 Å². The molecule has 230 valence electrons. The van der Waals surface area contributed by atoms with E-state index in [0.717, 1.165) is 53.5 Å². The van der Waals surface area contributed by atoms with Crippen molar-refractivity contribution in [3.8, 4) is 11.5 Å². The second-order valence-electron chi connectivity index (χ2n) is 11.7. The molecule has 0 aliphatic heterocycles. The van der Waals surface area contributed by atoms with Gasteiger partial charge in [-0.15, -0.1) is 0 Å². The summed E-state index contributed by atoms with van der Waals surface area (Å²) in [5.74, 6) is 2.59. The van der Waals surface area contributed by atoms with Crippen molar-refractivity contribution in [2.45, 2.75) is 51.0 Å². The predicted octanol–water partition coefficient (Wildman–Crippen LogP) is 7.01. The SMILES string of the molecule is CN(C)c1nc(NC2CCC(NC(=O)c3cc(OCc4ccccc4)cc(OCc4ccccc4)c3)CC2)nc2ccccc12. The van der Waals surface area contributed by atoms with Gasteiger partial charge in [0, 0.05) is 43.2 Å². The van der Waals surface area contributed by atoms with Crippen LogP contribution in [0.25, 0.3) is 10.9 Å². The first-order chi connectivity index (χ1) is 22.0. The summed E-state index contributed by atoms with van der Waals surface area (Å²) >= 11 is 0. The molecule has 2 N–H and O–H groups in total. The summed E-state index contributed by atoms with van der Waals surface area (Å²) < 4.78 is 12.2. The Kier molecular flexibility index (Phi) is 9.39. The van der Waals surface area contributed by atoms with E-state index in [0.29, 0.717) is 36.2 Å². The number of carbonyl (C=O) groups excluding carboxylic acids is 1. The Morgan fingerprint density at radius 1 is 0.733 bits per heavy atom. The van der Waals surface area contributed by atoms with Crippen molar-refractivity contribution in [2.24, 2.45) is 0 Å². The third-order valence-corrected chi connectivity index (χ3v) is 8.04. The lowest BCUT2D eigenvalue weighted by atomic mass is 9.91. The third-order valence-electron chi connectivity index (χ3n) is 8.04. The van der Waals surface area contributed by atoms with Crippen LogP contribution >= 0.6 is 0 Å². The summed E-state index contributed by atoms with van der Waals surface area (Å²) in [5, 5.41) is 7.83. The third kappa shape index (κ3) is 7.89. The van der Waals surface area contributed by atoms with Crippen molar-refractivity contribution in [2.75, 3.05) is 24.3 Å². The van der Waals surface area contributed by atoms with Gasteiger partial charge >= 0.3 is 0 Å². The lowest BCUT2D eigenvalue weighted by Gasteiger charge is -2.30. The van der Waals surface area contributed by atoms with Gasteiger partial charge in [-0.1, -0.05) is 72.8 Å². The van der Waals surface area contributed by atoms with Crippen molar-refractivity contribution < 1.29 is 14.3 Å². The number of hydrogen-bond acceptors (Lipinski definition) is 7. The molecular weight excluding hydrogens is 562 g/mol. The molecule has 4 aromatic carbocycles. The molecule has 0 radical (unpaired) electrons. The van der Waals surface area contributed by atoms with E-state index >= 15 is 0 Å². The zero-order valence-corrected chi connectivity index (χ0v) is 25.8. The maximum absolute atomic E-state index is 13.5. The van der Waals surface area contributed by atoms with Crippen LogP contribution in [-0.4, -0.2) is 42.1 Å². The lowest BCUT2D eigenvalue weighted by Crippen LogP contribution is -2.40. The second-order valence-corrected chi connectivity index (χ2v) is 11.7. The largest absolute Gasteiger partial charge is 0.489 e. The maximum Gasteiger partial charge on any atom is 0.251 e. The van der Waals surface area contributed by atoms with Crippen LogP contribution in [0.4, 0.5) is 11.8 Å². The molecule has 1 heterocycles. The topological polar surface area (TPSA) is 88.6 Å². The van der Waals surface area contributed by atoms with Gasteiger partial charge in [-0.25, -0.2) is 4.98 Å². The normalized spacial score (nSPS) is 16.1. The van der Waals surface area contributed by atoms with Crippen LogP contribution in [0.15, 0.2) is 103 Å². The van der Waals surface area contributed by atoms with Crippen molar-refractivity contribution >= 4 is 28.6 Å². The number of anilines is 2. The molecule has 1 saturated carbocycles. The number of para-hydroxylation sites is 1. The van der Waals surface area contributed by atoms with Crippen LogP contribution in [0, 0.1) is 0 Å². The summed E-state index contributed by atoms with van der Waals surface area (Å²) in [5.41, 5.74) is 3.54. The molecule has 6 rings (SSSR count). The van der Waals surface area contributed by atoms with Gasteiger partial charge in [0.1, 0.15) is 30.5 Å². The molecule has 0 bridgehead atoms. The van der Waals surface area contributed by atoms with E-state index in [2.05, 4.69) is 10.6 Å². The van der Waals surface area contributed by atoms with Crippen LogP contribution in [0.2, 0.25) is 0 Å². The minimum absolute atomic E-state index is 0.0768. The average molecular weight is 602 g/mol. The zero-order valence-electron chi connectivity index (χ0n) is 25.8. The van der Waals surface area contributed by atoms with Gasteiger partial charge in [0.15, 0.2) is 0 Å². The van der Waals surface area contributed by atoms with E-state index in [1.807, 2.05) is 110 Å². The molecular formula is C37H39N5O3. The highest BCUT2D eigenvalue weighted by molar-refractivity contribution is 5.95. The zero-order chi connectivity index (χ0) is 31.0. The van der Waals surface area contributed by atoms with Gasteiger partial charge in [-0.3, -0.25) is 4.79 Å². The summed E-state index contributed by atoms with van der Waals surface area (Å²) in [6.45, 7) is 0.802. The smallest absolute Gasteiger partial charge is 0.251 e. The summed E-state index contributed by atoms with van der Waals surface area (Å²) in [6.07, 6.45) is 3.53. The van der Waals surface area contributed by atoms with Crippen molar-refractivity contribution in [3.63, 3.8) is 0 Å². The molecule has 45 heavy (non-hydrogen) atoms. The van der Waals surface area contributed by atoms with Crippen molar-refractivity contribution in [1.29, 1.82) is 0 Å².